The highest BCUT2D eigenvalue weighted by molar-refractivity contribution is 5.91. The van der Waals surface area contributed by atoms with E-state index >= 15 is 0 Å². The Bertz CT molecular complexity index is 685. The van der Waals surface area contributed by atoms with Crippen molar-refractivity contribution in [3.05, 3.63) is 29.1 Å². The minimum absolute atomic E-state index is 0.228. The number of amides is 1. The number of anilines is 1. The van der Waals surface area contributed by atoms with E-state index in [4.69, 9.17) is 4.74 Å². The molecular weight excluding hydrogens is 363 g/mol. The lowest BCUT2D eigenvalue weighted by molar-refractivity contribution is -0.899. The average Bonchev–Trinajstić information content (AvgIpc) is 2.62. The summed E-state index contributed by atoms with van der Waals surface area (Å²) in [5, 5.41) is 1.73. The molecular formula is C16H18F5N2O3+. The number of nitrogens with one attached hydrogen (secondary N) is 2. The molecule has 26 heavy (non-hydrogen) atoms. The van der Waals surface area contributed by atoms with Crippen molar-refractivity contribution in [3.8, 4) is 0 Å². The first kappa shape index (κ1) is 20.1. The first-order valence-corrected chi connectivity index (χ1v) is 8.07. The predicted octanol–water partition coefficient (Wildman–Crippen LogP) is 1.18. The van der Waals surface area contributed by atoms with Gasteiger partial charge in [-0.15, -0.1) is 0 Å². The van der Waals surface area contributed by atoms with Crippen LogP contribution in [-0.4, -0.2) is 38.1 Å². The summed E-state index contributed by atoms with van der Waals surface area (Å²) < 4.78 is 71.4. The molecule has 144 valence electrons. The molecule has 2 N–H and O–H groups in total. The van der Waals surface area contributed by atoms with Crippen LogP contribution in [0.25, 0.3) is 0 Å². The average molecular weight is 381 g/mol. The Labute approximate surface area is 146 Å². The molecule has 1 aromatic carbocycles. The number of hydrogen-bond acceptors (Lipinski definition) is 3. The Balaban J connectivity index is 2.04. The molecule has 2 rings (SSSR count). The van der Waals surface area contributed by atoms with E-state index in [1.165, 1.54) is 0 Å². The van der Waals surface area contributed by atoms with Gasteiger partial charge >= 0.3 is 5.97 Å². The molecule has 1 fully saturated rings. The highest BCUT2D eigenvalue weighted by atomic mass is 19.2. The number of quaternary nitrogens is 1. The minimum Gasteiger partial charge on any atom is -0.466 e. The van der Waals surface area contributed by atoms with E-state index in [0.29, 0.717) is 24.3 Å². The molecule has 1 heterocycles. The molecule has 1 unspecified atom stereocenters. The number of ether oxygens (including phenoxy) is 1. The van der Waals surface area contributed by atoms with Crippen LogP contribution in [0.5, 0.6) is 0 Å². The maximum atomic E-state index is 13.6. The van der Waals surface area contributed by atoms with E-state index in [0.717, 1.165) is 0 Å². The maximum absolute atomic E-state index is 13.6. The van der Waals surface area contributed by atoms with E-state index < -0.39 is 46.6 Å². The Kier molecular flexibility index (Phi) is 6.52. The van der Waals surface area contributed by atoms with Crippen LogP contribution in [0.4, 0.5) is 27.6 Å². The lowest BCUT2D eigenvalue weighted by Gasteiger charge is -2.28. The molecule has 0 radical (unpaired) electrons. The standard InChI is InChI=1S/C16H17F5N2O3/c1-2-26-16(25)8-4-3-5-23(6-8)7-9(24)22-15-13(20)11(18)10(17)12(19)14(15)21/h8H,2-7H2,1H3,(H,22,24)/p+1/t8-/m1/s1. The Morgan fingerprint density at radius 1 is 1.08 bits per heavy atom. The Morgan fingerprint density at radius 2 is 1.65 bits per heavy atom. The minimum atomic E-state index is -2.29. The van der Waals surface area contributed by atoms with Crippen LogP contribution < -0.4 is 10.2 Å². The van der Waals surface area contributed by atoms with Crippen LogP contribution in [0.3, 0.4) is 0 Å². The third-order valence-corrected chi connectivity index (χ3v) is 4.12. The monoisotopic (exact) mass is 381 g/mol. The predicted molar refractivity (Wildman–Crippen MR) is 79.8 cm³/mol. The van der Waals surface area contributed by atoms with Gasteiger partial charge < -0.3 is 15.0 Å². The molecule has 0 spiro atoms. The highest BCUT2D eigenvalue weighted by Gasteiger charge is 2.32. The number of likely N-dealkylation sites (tertiary alicyclic amines) is 1. The third-order valence-electron chi connectivity index (χ3n) is 4.12. The van der Waals surface area contributed by atoms with Gasteiger partial charge in [0.2, 0.25) is 5.82 Å². The van der Waals surface area contributed by atoms with E-state index in [-0.39, 0.29) is 25.7 Å². The molecule has 1 aliphatic heterocycles. The Morgan fingerprint density at radius 3 is 2.23 bits per heavy atom. The van der Waals surface area contributed by atoms with Crippen LogP contribution in [-0.2, 0) is 14.3 Å². The van der Waals surface area contributed by atoms with E-state index in [1.54, 1.807) is 12.2 Å². The van der Waals surface area contributed by atoms with Crippen LogP contribution in [0, 0.1) is 35.0 Å². The fourth-order valence-corrected chi connectivity index (χ4v) is 2.90. The van der Waals surface area contributed by atoms with E-state index in [9.17, 15) is 31.5 Å². The second-order valence-corrected chi connectivity index (χ2v) is 5.97. The van der Waals surface area contributed by atoms with Gasteiger partial charge in [0.05, 0.1) is 19.7 Å². The van der Waals surface area contributed by atoms with Crippen molar-refractivity contribution in [3.63, 3.8) is 0 Å². The van der Waals surface area contributed by atoms with Crippen molar-refractivity contribution >= 4 is 17.6 Å². The zero-order valence-corrected chi connectivity index (χ0v) is 13.9. The first-order valence-electron chi connectivity index (χ1n) is 8.07. The SMILES string of the molecule is CCOC(=O)[C@@H]1CCC[NH+](CC(=O)Nc2c(F)c(F)c(F)c(F)c2F)C1. The molecule has 1 amide bonds. The number of halogens is 5. The van der Waals surface area contributed by atoms with Crippen LogP contribution in [0.2, 0.25) is 0 Å². The zero-order chi connectivity index (χ0) is 19.4. The topological polar surface area (TPSA) is 59.8 Å². The lowest BCUT2D eigenvalue weighted by Crippen LogP contribution is -3.14. The van der Waals surface area contributed by atoms with Crippen molar-refractivity contribution in [1.29, 1.82) is 0 Å². The quantitative estimate of drug-likeness (QED) is 0.349. The molecule has 2 atom stereocenters. The third kappa shape index (κ3) is 4.29. The largest absolute Gasteiger partial charge is 0.466 e. The zero-order valence-electron chi connectivity index (χ0n) is 13.9. The fourth-order valence-electron chi connectivity index (χ4n) is 2.90. The summed E-state index contributed by atoms with van der Waals surface area (Å²) in [6, 6.07) is 0. The van der Waals surface area contributed by atoms with Gasteiger partial charge in [-0.2, -0.15) is 0 Å². The molecule has 0 saturated carbocycles. The fraction of sp³-hybridized carbons (Fsp3) is 0.500. The Hall–Kier alpha value is -2.23. The van der Waals surface area contributed by atoms with Gasteiger partial charge in [-0.3, -0.25) is 9.59 Å². The van der Waals surface area contributed by atoms with Crippen LogP contribution in [0.1, 0.15) is 19.8 Å². The van der Waals surface area contributed by atoms with Crippen molar-refractivity contribution < 1.29 is 41.2 Å². The normalized spacial score (nSPS) is 19.9. The van der Waals surface area contributed by atoms with Gasteiger partial charge in [0, 0.05) is 0 Å². The van der Waals surface area contributed by atoms with Gasteiger partial charge in [-0.25, -0.2) is 22.0 Å². The van der Waals surface area contributed by atoms with Crippen LogP contribution in [0.15, 0.2) is 0 Å². The number of carbonyl (C=O) groups is 2. The number of esters is 1. The van der Waals surface area contributed by atoms with Crippen LogP contribution >= 0.6 is 0 Å². The van der Waals surface area contributed by atoms with Crippen molar-refractivity contribution in [1.82, 2.24) is 0 Å². The van der Waals surface area contributed by atoms with Gasteiger partial charge in [0.1, 0.15) is 11.6 Å². The molecule has 0 bridgehead atoms. The summed E-state index contributed by atoms with van der Waals surface area (Å²) in [4.78, 5) is 24.4. The molecule has 10 heteroatoms. The van der Waals surface area contributed by atoms with E-state index in [2.05, 4.69) is 0 Å². The summed E-state index contributed by atoms with van der Waals surface area (Å²) in [5.74, 6) is -12.5. The second-order valence-electron chi connectivity index (χ2n) is 5.97. The van der Waals surface area contributed by atoms with E-state index in [1.807, 2.05) is 0 Å². The number of piperidine rings is 1. The summed E-state index contributed by atoms with van der Waals surface area (Å²) in [6.45, 7) is 2.42. The van der Waals surface area contributed by atoms with Crippen molar-refractivity contribution in [2.75, 3.05) is 31.6 Å². The molecule has 1 saturated heterocycles. The molecule has 5 nitrogen and oxygen atoms in total. The molecule has 0 aliphatic carbocycles. The number of hydrogen-bond donors (Lipinski definition) is 2. The van der Waals surface area contributed by atoms with Gasteiger partial charge in [0.15, 0.2) is 29.8 Å². The van der Waals surface area contributed by atoms with Crippen molar-refractivity contribution in [2.24, 2.45) is 5.92 Å². The number of carbonyl (C=O) groups excluding carboxylic acids is 2. The molecule has 1 aliphatic rings. The summed E-state index contributed by atoms with van der Waals surface area (Å²) >= 11 is 0. The highest BCUT2D eigenvalue weighted by Crippen LogP contribution is 2.26. The first-order chi connectivity index (χ1) is 12.3. The summed E-state index contributed by atoms with van der Waals surface area (Å²) in [6.07, 6.45) is 1.23. The number of rotatable bonds is 5. The van der Waals surface area contributed by atoms with Gasteiger partial charge in [0.25, 0.3) is 5.91 Å². The van der Waals surface area contributed by atoms with Crippen molar-refractivity contribution in [2.45, 2.75) is 19.8 Å². The number of benzene rings is 1. The smallest absolute Gasteiger partial charge is 0.314 e. The maximum Gasteiger partial charge on any atom is 0.314 e. The summed E-state index contributed by atoms with van der Waals surface area (Å²) in [7, 11) is 0. The second kappa shape index (κ2) is 8.43. The summed E-state index contributed by atoms with van der Waals surface area (Å²) in [5.41, 5.74) is -1.38. The van der Waals surface area contributed by atoms with Gasteiger partial charge in [-0.05, 0) is 19.8 Å². The lowest BCUT2D eigenvalue weighted by atomic mass is 9.98. The molecule has 1 aromatic rings. The van der Waals surface area contributed by atoms with Gasteiger partial charge in [-0.1, -0.05) is 0 Å². The molecule has 0 aromatic heterocycles.